The largest absolute Gasteiger partial charge is 0.375 e. The van der Waals surface area contributed by atoms with E-state index in [-0.39, 0.29) is 11.5 Å². The average molecular weight is 421 g/mol. The van der Waals surface area contributed by atoms with Gasteiger partial charge in [0.2, 0.25) is 10.0 Å². The van der Waals surface area contributed by atoms with Crippen LogP contribution in [0.25, 0.3) is 10.9 Å². The second-order valence-electron chi connectivity index (χ2n) is 7.28. The molecule has 0 aliphatic carbocycles. The van der Waals surface area contributed by atoms with Crippen molar-refractivity contribution in [3.63, 3.8) is 0 Å². The Bertz CT molecular complexity index is 1220. The fourth-order valence-electron chi connectivity index (χ4n) is 3.41. The normalized spacial score (nSPS) is 12.8. The zero-order chi connectivity index (χ0) is 21.0. The highest BCUT2D eigenvalue weighted by Crippen LogP contribution is 2.26. The lowest BCUT2D eigenvalue weighted by molar-refractivity contribution is 0.104. The summed E-state index contributed by atoms with van der Waals surface area (Å²) in [6.07, 6.45) is 1.85. The molecule has 1 heterocycles. The van der Waals surface area contributed by atoms with E-state index >= 15 is 0 Å². The summed E-state index contributed by atoms with van der Waals surface area (Å²) in [6.45, 7) is 2.55. The van der Waals surface area contributed by atoms with E-state index < -0.39 is 16.1 Å². The maximum absolute atomic E-state index is 13.0. The van der Waals surface area contributed by atoms with E-state index in [1.165, 1.54) is 0 Å². The number of sulfonamides is 1. The standard InChI is InChI=1S/C24H24N2O3S/c1-18-11-13-20(14-12-18)30(27,28)26-24(17-29-16-19-7-3-2-4-8-19)22-15-25-23-10-6-5-9-21(22)23/h2-15,24-26H,16-17H2,1H3. The Morgan fingerprint density at radius 3 is 2.40 bits per heavy atom. The van der Waals surface area contributed by atoms with Gasteiger partial charge in [0.1, 0.15) is 0 Å². The van der Waals surface area contributed by atoms with Crippen LogP contribution in [0, 0.1) is 6.92 Å². The van der Waals surface area contributed by atoms with Crippen LogP contribution < -0.4 is 4.72 Å². The topological polar surface area (TPSA) is 71.2 Å². The lowest BCUT2D eigenvalue weighted by Gasteiger charge is -2.19. The van der Waals surface area contributed by atoms with Gasteiger partial charge in [-0.3, -0.25) is 0 Å². The molecule has 0 fully saturated rings. The summed E-state index contributed by atoms with van der Waals surface area (Å²) in [5.41, 5.74) is 3.86. The van der Waals surface area contributed by atoms with E-state index in [1.54, 1.807) is 24.3 Å². The predicted molar refractivity (Wildman–Crippen MR) is 119 cm³/mol. The lowest BCUT2D eigenvalue weighted by atomic mass is 10.1. The highest BCUT2D eigenvalue weighted by Gasteiger charge is 2.24. The minimum atomic E-state index is -3.71. The number of aryl methyl sites for hydroxylation is 1. The maximum atomic E-state index is 13.0. The van der Waals surface area contributed by atoms with Gasteiger partial charge >= 0.3 is 0 Å². The molecule has 0 saturated heterocycles. The fourth-order valence-corrected chi connectivity index (χ4v) is 4.61. The first-order valence-electron chi connectivity index (χ1n) is 9.79. The van der Waals surface area contributed by atoms with Crippen LogP contribution in [-0.4, -0.2) is 20.0 Å². The van der Waals surface area contributed by atoms with Crippen molar-refractivity contribution in [2.24, 2.45) is 0 Å². The molecule has 1 aromatic heterocycles. The average Bonchev–Trinajstić information content (AvgIpc) is 3.18. The minimum Gasteiger partial charge on any atom is -0.375 e. The molecule has 4 rings (SSSR count). The van der Waals surface area contributed by atoms with Crippen molar-refractivity contribution in [1.82, 2.24) is 9.71 Å². The smallest absolute Gasteiger partial charge is 0.241 e. The number of H-pyrrole nitrogens is 1. The summed E-state index contributed by atoms with van der Waals surface area (Å²) in [6, 6.07) is 24.0. The molecule has 0 spiro atoms. The van der Waals surface area contributed by atoms with Crippen LogP contribution in [0.5, 0.6) is 0 Å². The van der Waals surface area contributed by atoms with Gasteiger partial charge < -0.3 is 9.72 Å². The molecule has 3 aromatic carbocycles. The highest BCUT2D eigenvalue weighted by molar-refractivity contribution is 7.89. The van der Waals surface area contributed by atoms with E-state index in [2.05, 4.69) is 9.71 Å². The third kappa shape index (κ3) is 4.62. The maximum Gasteiger partial charge on any atom is 0.241 e. The van der Waals surface area contributed by atoms with Gasteiger partial charge in [0.25, 0.3) is 0 Å². The second kappa shape index (κ2) is 8.83. The number of para-hydroxylation sites is 1. The van der Waals surface area contributed by atoms with Crippen LogP contribution in [0.3, 0.4) is 0 Å². The van der Waals surface area contributed by atoms with Gasteiger partial charge in [-0.25, -0.2) is 13.1 Å². The van der Waals surface area contributed by atoms with Crippen LogP contribution >= 0.6 is 0 Å². The summed E-state index contributed by atoms with van der Waals surface area (Å²) in [4.78, 5) is 3.46. The summed E-state index contributed by atoms with van der Waals surface area (Å²) >= 11 is 0. The Labute approximate surface area is 176 Å². The van der Waals surface area contributed by atoms with Crippen LogP contribution in [0.4, 0.5) is 0 Å². The number of nitrogens with one attached hydrogen (secondary N) is 2. The second-order valence-corrected chi connectivity index (χ2v) is 8.99. The van der Waals surface area contributed by atoms with Crippen molar-refractivity contribution in [2.45, 2.75) is 24.5 Å². The number of aromatic amines is 1. The van der Waals surface area contributed by atoms with Crippen molar-refractivity contribution in [3.8, 4) is 0 Å². The summed E-state index contributed by atoms with van der Waals surface area (Å²) in [5.74, 6) is 0. The Hall–Kier alpha value is -2.93. The Balaban J connectivity index is 1.60. The molecule has 5 nitrogen and oxygen atoms in total. The number of benzene rings is 3. The van der Waals surface area contributed by atoms with E-state index in [1.807, 2.05) is 67.7 Å². The number of hydrogen-bond donors (Lipinski definition) is 2. The molecule has 0 bridgehead atoms. The van der Waals surface area contributed by atoms with E-state index in [9.17, 15) is 8.42 Å². The van der Waals surface area contributed by atoms with Crippen molar-refractivity contribution in [1.29, 1.82) is 0 Å². The molecule has 4 aromatic rings. The number of ether oxygens (including phenoxy) is 1. The zero-order valence-electron chi connectivity index (χ0n) is 16.7. The van der Waals surface area contributed by atoms with Gasteiger partial charge in [-0.05, 0) is 36.2 Å². The Morgan fingerprint density at radius 2 is 1.63 bits per heavy atom. The van der Waals surface area contributed by atoms with Gasteiger partial charge in [0, 0.05) is 17.1 Å². The van der Waals surface area contributed by atoms with E-state index in [0.29, 0.717) is 6.61 Å². The van der Waals surface area contributed by atoms with Crippen molar-refractivity contribution >= 4 is 20.9 Å². The van der Waals surface area contributed by atoms with Gasteiger partial charge in [-0.1, -0.05) is 66.2 Å². The first-order valence-corrected chi connectivity index (χ1v) is 11.3. The minimum absolute atomic E-state index is 0.210. The quantitative estimate of drug-likeness (QED) is 0.434. The zero-order valence-corrected chi connectivity index (χ0v) is 17.5. The molecule has 1 unspecified atom stereocenters. The van der Waals surface area contributed by atoms with Crippen molar-refractivity contribution in [2.75, 3.05) is 6.61 Å². The Morgan fingerprint density at radius 1 is 0.933 bits per heavy atom. The monoisotopic (exact) mass is 420 g/mol. The molecule has 1 atom stereocenters. The summed E-state index contributed by atoms with van der Waals surface area (Å²) < 4.78 is 34.8. The van der Waals surface area contributed by atoms with Gasteiger partial charge in [0.05, 0.1) is 24.2 Å². The van der Waals surface area contributed by atoms with Crippen molar-refractivity contribution in [3.05, 3.63) is 102 Å². The number of hydrogen-bond acceptors (Lipinski definition) is 3. The fraction of sp³-hybridized carbons (Fsp3) is 0.167. The summed E-state index contributed by atoms with van der Waals surface area (Å²) in [7, 11) is -3.71. The summed E-state index contributed by atoms with van der Waals surface area (Å²) in [5, 5.41) is 0.970. The molecule has 0 aliphatic rings. The van der Waals surface area contributed by atoms with Crippen LogP contribution in [-0.2, 0) is 21.4 Å². The molecular formula is C24H24N2O3S. The SMILES string of the molecule is Cc1ccc(S(=O)(=O)NC(COCc2ccccc2)c2c[nH]c3ccccc23)cc1. The molecule has 30 heavy (non-hydrogen) atoms. The molecule has 6 heteroatoms. The third-order valence-corrected chi connectivity index (χ3v) is 6.51. The molecule has 154 valence electrons. The third-order valence-electron chi connectivity index (χ3n) is 5.02. The molecule has 0 radical (unpaired) electrons. The van der Waals surface area contributed by atoms with Gasteiger partial charge in [-0.15, -0.1) is 0 Å². The number of fused-ring (bicyclic) bond motifs is 1. The van der Waals surface area contributed by atoms with Crippen molar-refractivity contribution < 1.29 is 13.2 Å². The predicted octanol–water partition coefficient (Wildman–Crippen LogP) is 4.71. The van der Waals surface area contributed by atoms with Crippen LogP contribution in [0.2, 0.25) is 0 Å². The number of aromatic nitrogens is 1. The molecule has 0 saturated carbocycles. The molecule has 0 amide bonds. The first-order chi connectivity index (χ1) is 14.5. The van der Waals surface area contributed by atoms with Gasteiger partial charge in [0.15, 0.2) is 0 Å². The van der Waals surface area contributed by atoms with E-state index in [0.717, 1.165) is 27.6 Å². The van der Waals surface area contributed by atoms with Crippen LogP contribution in [0.15, 0.2) is 90.0 Å². The molecular weight excluding hydrogens is 396 g/mol. The Kier molecular flexibility index (Phi) is 5.99. The first kappa shape index (κ1) is 20.3. The van der Waals surface area contributed by atoms with E-state index in [4.69, 9.17) is 4.74 Å². The van der Waals surface area contributed by atoms with Crippen LogP contribution in [0.1, 0.15) is 22.7 Å². The van der Waals surface area contributed by atoms with Gasteiger partial charge in [-0.2, -0.15) is 0 Å². The number of rotatable bonds is 8. The molecule has 2 N–H and O–H groups in total. The highest BCUT2D eigenvalue weighted by atomic mass is 32.2. The lowest BCUT2D eigenvalue weighted by Crippen LogP contribution is -2.31. The molecule has 0 aliphatic heterocycles.